The molecule has 7 heteroatoms. The molecule has 1 amide bonds. The van der Waals surface area contributed by atoms with Gasteiger partial charge < -0.3 is 14.6 Å². The number of aromatic nitrogens is 1. The smallest absolute Gasteiger partial charge is 0.238 e. The SMILES string of the molecule is COc1cc(OC)cc(N2C(=O)CSC2c2ccc3cccc(O)c3n2)c1. The van der Waals surface area contributed by atoms with Gasteiger partial charge in [-0.25, -0.2) is 4.98 Å². The second-order valence-electron chi connectivity index (χ2n) is 6.08. The molecule has 0 radical (unpaired) electrons. The first kappa shape index (κ1) is 17.5. The lowest BCUT2D eigenvalue weighted by atomic mass is 10.1. The van der Waals surface area contributed by atoms with E-state index in [1.165, 1.54) is 11.8 Å². The Morgan fingerprint density at radius 3 is 2.56 bits per heavy atom. The summed E-state index contributed by atoms with van der Waals surface area (Å²) in [5.74, 6) is 1.68. The first-order valence-corrected chi connectivity index (χ1v) is 9.41. The highest BCUT2D eigenvalue weighted by Crippen LogP contribution is 2.43. The molecular formula is C20H18N2O4S. The molecule has 4 rings (SSSR count). The van der Waals surface area contributed by atoms with Crippen LogP contribution in [0.4, 0.5) is 5.69 Å². The van der Waals surface area contributed by atoms with Gasteiger partial charge in [0.1, 0.15) is 28.1 Å². The molecule has 1 N–H and O–H groups in total. The summed E-state index contributed by atoms with van der Waals surface area (Å²) in [6, 6.07) is 14.4. The number of pyridine rings is 1. The van der Waals surface area contributed by atoms with Gasteiger partial charge in [-0.15, -0.1) is 11.8 Å². The number of para-hydroxylation sites is 1. The molecule has 0 saturated carbocycles. The number of carbonyl (C=O) groups excluding carboxylic acids is 1. The molecule has 6 nitrogen and oxygen atoms in total. The van der Waals surface area contributed by atoms with Gasteiger partial charge in [0.15, 0.2) is 0 Å². The standard InChI is InChI=1S/C20H18N2O4S/c1-25-14-8-13(9-15(10-14)26-2)22-18(24)11-27-20(22)16-7-6-12-4-3-5-17(23)19(12)21-16/h3-10,20,23H,11H2,1-2H3. The van der Waals surface area contributed by atoms with Crippen LogP contribution in [-0.2, 0) is 4.79 Å². The van der Waals surface area contributed by atoms with Crippen molar-refractivity contribution < 1.29 is 19.4 Å². The zero-order valence-electron chi connectivity index (χ0n) is 14.9. The molecule has 1 saturated heterocycles. The number of thioether (sulfide) groups is 1. The number of fused-ring (bicyclic) bond motifs is 1. The Morgan fingerprint density at radius 1 is 1.11 bits per heavy atom. The highest BCUT2D eigenvalue weighted by Gasteiger charge is 2.35. The molecule has 3 aromatic rings. The number of benzene rings is 2. The molecule has 1 aromatic heterocycles. The number of phenolic OH excluding ortho intramolecular Hbond substituents is 1. The van der Waals surface area contributed by atoms with Crippen molar-refractivity contribution in [2.75, 3.05) is 24.9 Å². The van der Waals surface area contributed by atoms with Crippen LogP contribution in [0.2, 0.25) is 0 Å². The highest BCUT2D eigenvalue weighted by molar-refractivity contribution is 8.00. The number of rotatable bonds is 4. The van der Waals surface area contributed by atoms with Crippen LogP contribution in [0.1, 0.15) is 11.1 Å². The summed E-state index contributed by atoms with van der Waals surface area (Å²) in [5.41, 5.74) is 1.92. The zero-order chi connectivity index (χ0) is 19.0. The fraction of sp³-hybridized carbons (Fsp3) is 0.200. The fourth-order valence-electron chi connectivity index (χ4n) is 3.14. The van der Waals surface area contributed by atoms with Crippen LogP contribution < -0.4 is 14.4 Å². The summed E-state index contributed by atoms with van der Waals surface area (Å²) >= 11 is 1.50. The third-order valence-electron chi connectivity index (χ3n) is 4.46. The van der Waals surface area contributed by atoms with Crippen molar-refractivity contribution >= 4 is 34.3 Å². The summed E-state index contributed by atoms with van der Waals surface area (Å²) in [4.78, 5) is 19.0. The lowest BCUT2D eigenvalue weighted by molar-refractivity contribution is -0.115. The Bertz CT molecular complexity index is 1000. The van der Waals surface area contributed by atoms with Crippen molar-refractivity contribution in [3.8, 4) is 17.2 Å². The van der Waals surface area contributed by atoms with E-state index >= 15 is 0 Å². The number of ether oxygens (including phenoxy) is 2. The van der Waals surface area contributed by atoms with Crippen LogP contribution in [0.25, 0.3) is 10.9 Å². The van der Waals surface area contributed by atoms with Crippen LogP contribution in [0, 0.1) is 0 Å². The first-order chi connectivity index (χ1) is 13.1. The van der Waals surface area contributed by atoms with Crippen molar-refractivity contribution in [1.82, 2.24) is 4.98 Å². The van der Waals surface area contributed by atoms with Gasteiger partial charge in [0.25, 0.3) is 0 Å². The van der Waals surface area contributed by atoms with Crippen LogP contribution >= 0.6 is 11.8 Å². The number of nitrogens with zero attached hydrogens (tertiary/aromatic N) is 2. The number of hydrogen-bond acceptors (Lipinski definition) is 6. The van der Waals surface area contributed by atoms with Crippen LogP contribution in [0.3, 0.4) is 0 Å². The van der Waals surface area contributed by atoms with Gasteiger partial charge in [-0.2, -0.15) is 0 Å². The van der Waals surface area contributed by atoms with Crippen LogP contribution in [0.15, 0.2) is 48.5 Å². The summed E-state index contributed by atoms with van der Waals surface area (Å²) in [7, 11) is 3.15. The number of hydrogen-bond donors (Lipinski definition) is 1. The molecular weight excluding hydrogens is 364 g/mol. The monoisotopic (exact) mass is 382 g/mol. The van der Waals surface area contributed by atoms with E-state index < -0.39 is 0 Å². The Kier molecular flexibility index (Phi) is 4.53. The number of carbonyl (C=O) groups is 1. The molecule has 0 aliphatic carbocycles. The average Bonchev–Trinajstić information content (AvgIpc) is 3.09. The summed E-state index contributed by atoms with van der Waals surface area (Å²) in [6.07, 6.45) is 0. The molecule has 2 aromatic carbocycles. The Labute approximate surface area is 160 Å². The van der Waals surface area contributed by atoms with Gasteiger partial charge in [-0.3, -0.25) is 9.69 Å². The van der Waals surface area contributed by atoms with E-state index in [1.807, 2.05) is 18.2 Å². The maximum absolute atomic E-state index is 12.6. The van der Waals surface area contributed by atoms with Gasteiger partial charge in [0, 0.05) is 23.6 Å². The molecule has 2 heterocycles. The Morgan fingerprint density at radius 2 is 1.85 bits per heavy atom. The van der Waals surface area contributed by atoms with Crippen LogP contribution in [0.5, 0.6) is 17.2 Å². The molecule has 1 atom stereocenters. The second kappa shape index (κ2) is 7.00. The average molecular weight is 382 g/mol. The van der Waals surface area contributed by atoms with Crippen LogP contribution in [-0.4, -0.2) is 36.0 Å². The van der Waals surface area contributed by atoms with E-state index in [0.717, 1.165) is 5.39 Å². The molecule has 138 valence electrons. The lowest BCUT2D eigenvalue weighted by Gasteiger charge is -2.24. The van der Waals surface area contributed by atoms with E-state index in [0.29, 0.717) is 34.1 Å². The van der Waals surface area contributed by atoms with Crippen molar-refractivity contribution in [3.63, 3.8) is 0 Å². The van der Waals surface area contributed by atoms with E-state index in [9.17, 15) is 9.90 Å². The van der Waals surface area contributed by atoms with E-state index in [1.54, 1.807) is 49.5 Å². The van der Waals surface area contributed by atoms with Crippen molar-refractivity contribution in [1.29, 1.82) is 0 Å². The predicted octanol–water partition coefficient (Wildman–Crippen LogP) is 3.74. The summed E-state index contributed by atoms with van der Waals surface area (Å²) in [6.45, 7) is 0. The lowest BCUT2D eigenvalue weighted by Crippen LogP contribution is -2.28. The number of methoxy groups -OCH3 is 2. The fourth-order valence-corrected chi connectivity index (χ4v) is 4.27. The van der Waals surface area contributed by atoms with E-state index in [-0.39, 0.29) is 17.0 Å². The molecule has 1 unspecified atom stereocenters. The van der Waals surface area contributed by atoms with E-state index in [2.05, 4.69) is 4.98 Å². The maximum atomic E-state index is 12.6. The number of anilines is 1. The summed E-state index contributed by atoms with van der Waals surface area (Å²) in [5, 5.41) is 10.7. The number of amides is 1. The molecule has 1 aliphatic heterocycles. The molecule has 1 aliphatic rings. The van der Waals surface area contributed by atoms with E-state index in [4.69, 9.17) is 9.47 Å². The second-order valence-corrected chi connectivity index (χ2v) is 7.15. The largest absolute Gasteiger partial charge is 0.506 e. The zero-order valence-corrected chi connectivity index (χ0v) is 15.7. The normalized spacial score (nSPS) is 16.7. The number of phenols is 1. The highest BCUT2D eigenvalue weighted by atomic mass is 32.2. The maximum Gasteiger partial charge on any atom is 0.238 e. The van der Waals surface area contributed by atoms with Crippen molar-refractivity contribution in [3.05, 3.63) is 54.2 Å². The third-order valence-corrected chi connectivity index (χ3v) is 5.64. The predicted molar refractivity (Wildman–Crippen MR) is 106 cm³/mol. The first-order valence-electron chi connectivity index (χ1n) is 8.36. The van der Waals surface area contributed by atoms with Gasteiger partial charge in [-0.05, 0) is 12.1 Å². The minimum atomic E-state index is -0.293. The molecule has 0 spiro atoms. The summed E-state index contributed by atoms with van der Waals surface area (Å²) < 4.78 is 10.7. The minimum Gasteiger partial charge on any atom is -0.506 e. The van der Waals surface area contributed by atoms with Gasteiger partial charge >= 0.3 is 0 Å². The van der Waals surface area contributed by atoms with Gasteiger partial charge in [-0.1, -0.05) is 18.2 Å². The number of aromatic hydroxyl groups is 1. The third kappa shape index (κ3) is 3.14. The minimum absolute atomic E-state index is 0.0144. The van der Waals surface area contributed by atoms with Crippen molar-refractivity contribution in [2.45, 2.75) is 5.37 Å². The Hall–Kier alpha value is -2.93. The molecule has 27 heavy (non-hydrogen) atoms. The quantitative estimate of drug-likeness (QED) is 0.741. The molecule has 1 fully saturated rings. The van der Waals surface area contributed by atoms with Crippen molar-refractivity contribution in [2.24, 2.45) is 0 Å². The van der Waals surface area contributed by atoms with Gasteiger partial charge in [0.05, 0.1) is 31.4 Å². The van der Waals surface area contributed by atoms with Gasteiger partial charge in [0.2, 0.25) is 5.91 Å². The Balaban J connectivity index is 1.79. The topological polar surface area (TPSA) is 71.9 Å². The molecule has 0 bridgehead atoms.